The van der Waals surface area contributed by atoms with Crippen LogP contribution in [0, 0.1) is 0 Å². The quantitative estimate of drug-likeness (QED) is 0.0292. The number of aliphatic hydroxyl groups excluding tert-OH is 1. The fourth-order valence-corrected chi connectivity index (χ4v) is 5.96. The summed E-state index contributed by atoms with van der Waals surface area (Å²) in [5, 5.41) is 13.7. The molecule has 1 amide bonds. The van der Waals surface area contributed by atoms with Crippen molar-refractivity contribution in [1.29, 1.82) is 0 Å². The Hall–Kier alpha value is -1.54. The van der Waals surface area contributed by atoms with Crippen molar-refractivity contribution in [2.24, 2.45) is 0 Å². The number of carbonyl (C=O) groups excluding carboxylic acids is 1. The number of aliphatic hydroxyl groups is 1. The zero-order valence-electron chi connectivity index (χ0n) is 32.8. The molecule has 0 rings (SSSR count). The molecule has 292 valence electrons. The van der Waals surface area contributed by atoms with Gasteiger partial charge >= 0.3 is 0 Å². The Kier molecular flexibility index (Phi) is 32.3. The van der Waals surface area contributed by atoms with Crippen LogP contribution in [0.4, 0.5) is 0 Å². The molecule has 0 fully saturated rings. The molecule has 0 heterocycles. The van der Waals surface area contributed by atoms with Gasteiger partial charge in [-0.15, -0.1) is 0 Å². The van der Waals surface area contributed by atoms with Gasteiger partial charge in [-0.25, -0.2) is 0 Å². The monoisotopic (exact) mass is 725 g/mol. The van der Waals surface area contributed by atoms with Gasteiger partial charge in [-0.2, -0.15) is 0 Å². The molecule has 0 saturated carbocycles. The molecule has 0 aromatic rings. The molecule has 0 aromatic heterocycles. The molecule has 8 nitrogen and oxygen atoms in total. The minimum atomic E-state index is -4.59. The third kappa shape index (κ3) is 34.9. The number of nitrogens with one attached hydrogen (secondary N) is 1. The highest BCUT2D eigenvalue weighted by Crippen LogP contribution is 2.38. The highest BCUT2D eigenvalue weighted by Gasteiger charge is 2.23. The lowest BCUT2D eigenvalue weighted by atomic mass is 10.1. The molecule has 0 saturated heterocycles. The average Bonchev–Trinajstić information content (AvgIpc) is 3.06. The van der Waals surface area contributed by atoms with Crippen molar-refractivity contribution in [3.8, 4) is 0 Å². The van der Waals surface area contributed by atoms with E-state index in [1.54, 1.807) is 6.08 Å². The Morgan fingerprint density at radius 3 is 1.64 bits per heavy atom. The first-order valence-electron chi connectivity index (χ1n) is 20.0. The Balaban J connectivity index is 4.62. The van der Waals surface area contributed by atoms with E-state index in [2.05, 4.69) is 55.6 Å². The number of unbranched alkanes of at least 4 members (excludes halogenated alkanes) is 16. The lowest BCUT2D eigenvalue weighted by Crippen LogP contribution is -2.45. The zero-order chi connectivity index (χ0) is 37.2. The number of hydrogen-bond acceptors (Lipinski definition) is 6. The maximum atomic E-state index is 12.8. The summed E-state index contributed by atoms with van der Waals surface area (Å²) in [6.07, 6.45) is 40.1. The van der Waals surface area contributed by atoms with Gasteiger partial charge in [0.25, 0.3) is 7.82 Å². The topological polar surface area (TPSA) is 108 Å². The Labute approximate surface area is 308 Å². The lowest BCUT2D eigenvalue weighted by molar-refractivity contribution is -0.870. The summed E-state index contributed by atoms with van der Waals surface area (Å²) in [6.45, 7) is 4.55. The number of likely N-dealkylation sites (N-methyl/N-ethyl adjacent to an activating group) is 1. The van der Waals surface area contributed by atoms with Gasteiger partial charge in [-0.1, -0.05) is 127 Å². The average molecular weight is 725 g/mol. The van der Waals surface area contributed by atoms with Crippen LogP contribution in [0.15, 0.2) is 48.6 Å². The SMILES string of the molecule is CCCCCC/C=C/CC/C=C/CC/C=C/C(O)C(COP(=O)([O-])OCC[N+](C)(C)C)NC(=O)CCCCCCC/C=C\CCCCCCC. The van der Waals surface area contributed by atoms with E-state index < -0.39 is 26.6 Å². The number of amides is 1. The maximum Gasteiger partial charge on any atom is 0.268 e. The first-order chi connectivity index (χ1) is 24.0. The third-order valence-electron chi connectivity index (χ3n) is 8.49. The summed E-state index contributed by atoms with van der Waals surface area (Å²) in [4.78, 5) is 25.2. The van der Waals surface area contributed by atoms with Gasteiger partial charge in [0.05, 0.1) is 39.9 Å². The number of carbonyl (C=O) groups is 1. The molecule has 3 atom stereocenters. The lowest BCUT2D eigenvalue weighted by Gasteiger charge is -2.29. The zero-order valence-corrected chi connectivity index (χ0v) is 33.7. The van der Waals surface area contributed by atoms with E-state index in [1.807, 2.05) is 27.2 Å². The Bertz CT molecular complexity index is 959. The van der Waals surface area contributed by atoms with E-state index >= 15 is 0 Å². The second-order valence-corrected chi connectivity index (χ2v) is 16.0. The van der Waals surface area contributed by atoms with Crippen LogP contribution >= 0.6 is 7.82 Å². The van der Waals surface area contributed by atoms with Crippen molar-refractivity contribution in [2.45, 2.75) is 167 Å². The van der Waals surface area contributed by atoms with E-state index in [4.69, 9.17) is 9.05 Å². The number of allylic oxidation sites excluding steroid dienone is 7. The molecule has 0 aromatic carbocycles. The van der Waals surface area contributed by atoms with Crippen molar-refractivity contribution >= 4 is 13.7 Å². The molecule has 0 aliphatic heterocycles. The van der Waals surface area contributed by atoms with Gasteiger partial charge in [-0.05, 0) is 70.6 Å². The van der Waals surface area contributed by atoms with Crippen molar-refractivity contribution in [3.63, 3.8) is 0 Å². The van der Waals surface area contributed by atoms with Gasteiger partial charge in [0, 0.05) is 6.42 Å². The third-order valence-corrected chi connectivity index (χ3v) is 9.45. The van der Waals surface area contributed by atoms with E-state index in [1.165, 1.54) is 64.2 Å². The van der Waals surface area contributed by atoms with Crippen LogP contribution in [-0.2, 0) is 18.4 Å². The summed E-state index contributed by atoms with van der Waals surface area (Å²) in [7, 11) is 1.22. The van der Waals surface area contributed by atoms with Crippen LogP contribution in [0.1, 0.15) is 155 Å². The van der Waals surface area contributed by atoms with Gasteiger partial charge in [-0.3, -0.25) is 9.36 Å². The van der Waals surface area contributed by atoms with E-state index in [0.717, 1.165) is 70.6 Å². The molecule has 0 spiro atoms. The molecule has 2 N–H and O–H groups in total. The van der Waals surface area contributed by atoms with Gasteiger partial charge < -0.3 is 28.8 Å². The highest BCUT2D eigenvalue weighted by molar-refractivity contribution is 7.45. The van der Waals surface area contributed by atoms with Crippen LogP contribution in [0.25, 0.3) is 0 Å². The van der Waals surface area contributed by atoms with Crippen LogP contribution in [0.3, 0.4) is 0 Å². The summed E-state index contributed by atoms with van der Waals surface area (Å²) in [6, 6.07) is -0.911. The fraction of sp³-hybridized carbons (Fsp3) is 0.780. The second kappa shape index (κ2) is 33.3. The van der Waals surface area contributed by atoms with E-state index in [-0.39, 0.29) is 12.5 Å². The predicted molar refractivity (Wildman–Crippen MR) is 210 cm³/mol. The molecule has 0 radical (unpaired) electrons. The number of phosphoric ester groups is 1. The van der Waals surface area contributed by atoms with Crippen LogP contribution in [0.5, 0.6) is 0 Å². The minimum absolute atomic E-state index is 0.0119. The molecular formula is C41H77N2O6P. The predicted octanol–water partition coefficient (Wildman–Crippen LogP) is 9.89. The molecule has 9 heteroatoms. The number of rotatable bonds is 35. The van der Waals surface area contributed by atoms with E-state index in [9.17, 15) is 19.4 Å². The molecular weight excluding hydrogens is 647 g/mol. The minimum Gasteiger partial charge on any atom is -0.756 e. The number of quaternary nitrogens is 1. The van der Waals surface area contributed by atoms with Crippen LogP contribution in [0.2, 0.25) is 0 Å². The molecule has 0 bridgehead atoms. The summed E-state index contributed by atoms with van der Waals surface area (Å²) < 4.78 is 23.1. The molecule has 3 unspecified atom stereocenters. The van der Waals surface area contributed by atoms with Gasteiger partial charge in [0.1, 0.15) is 13.2 Å². The molecule has 0 aliphatic rings. The van der Waals surface area contributed by atoms with Crippen molar-refractivity contribution in [1.82, 2.24) is 5.32 Å². The molecule has 50 heavy (non-hydrogen) atoms. The van der Waals surface area contributed by atoms with Gasteiger partial charge in [0.2, 0.25) is 5.91 Å². The Morgan fingerprint density at radius 1 is 0.680 bits per heavy atom. The van der Waals surface area contributed by atoms with E-state index in [0.29, 0.717) is 17.4 Å². The summed E-state index contributed by atoms with van der Waals surface area (Å²) >= 11 is 0. The smallest absolute Gasteiger partial charge is 0.268 e. The maximum absolute atomic E-state index is 12.8. The van der Waals surface area contributed by atoms with Crippen molar-refractivity contribution in [2.75, 3.05) is 40.9 Å². The van der Waals surface area contributed by atoms with Crippen LogP contribution < -0.4 is 10.2 Å². The second-order valence-electron chi connectivity index (χ2n) is 14.6. The largest absolute Gasteiger partial charge is 0.756 e. The standard InChI is InChI=1S/C41H77N2O6P/c1-6-8-10-12-14-16-18-20-22-24-26-28-30-32-34-40(44)39(38-49-50(46,47)48-37-36-43(3,4)5)42-41(45)35-33-31-29-27-25-23-21-19-17-15-13-11-9-7-2/h16,18-19,21,24,26,32,34,39-40,44H,6-15,17,20,22-23,25,27-31,33,35-38H2,1-5H3,(H-,42,45,46,47)/b18-16+,21-19-,26-24+,34-32+. The van der Waals surface area contributed by atoms with Gasteiger partial charge in [0.15, 0.2) is 0 Å². The summed E-state index contributed by atoms with van der Waals surface area (Å²) in [5.74, 6) is -0.224. The normalized spacial score (nSPS) is 15.1. The number of phosphoric acid groups is 1. The fourth-order valence-electron chi connectivity index (χ4n) is 5.23. The first kappa shape index (κ1) is 48.5. The first-order valence-corrected chi connectivity index (χ1v) is 21.5. The number of nitrogens with zero attached hydrogens (tertiary/aromatic N) is 1. The van der Waals surface area contributed by atoms with Crippen molar-refractivity contribution < 1.29 is 32.9 Å². The van der Waals surface area contributed by atoms with Crippen LogP contribution in [-0.4, -0.2) is 68.5 Å². The highest BCUT2D eigenvalue weighted by atomic mass is 31.2. The molecule has 0 aliphatic carbocycles. The Morgan fingerprint density at radius 2 is 1.12 bits per heavy atom. The summed E-state index contributed by atoms with van der Waals surface area (Å²) in [5.41, 5.74) is 0. The van der Waals surface area contributed by atoms with Crippen molar-refractivity contribution in [3.05, 3.63) is 48.6 Å². The number of hydrogen-bond donors (Lipinski definition) is 2.